The number of aliphatic hydroxyl groups excluding tert-OH is 1. The number of carboxylic acid groups (broad SMARTS) is 1. The molecule has 6 aliphatic rings. The Hall–Kier alpha value is -6.52. The van der Waals surface area contributed by atoms with Crippen molar-refractivity contribution >= 4 is 55.7 Å². The van der Waals surface area contributed by atoms with Gasteiger partial charge in [-0.2, -0.15) is 0 Å². The first-order valence-electron chi connectivity index (χ1n) is 32.3. The predicted octanol–water partition coefficient (Wildman–Crippen LogP) is 10.6. The summed E-state index contributed by atoms with van der Waals surface area (Å²) in [4.78, 5) is 81.6. The van der Waals surface area contributed by atoms with E-state index in [-0.39, 0.29) is 61.2 Å². The van der Waals surface area contributed by atoms with Gasteiger partial charge in [0.25, 0.3) is 23.7 Å². The lowest BCUT2D eigenvalue weighted by molar-refractivity contribution is -0.199. The van der Waals surface area contributed by atoms with Crippen LogP contribution in [0, 0.1) is 46.8 Å². The summed E-state index contributed by atoms with van der Waals surface area (Å²) in [7, 11) is -2.21. The standard InChI is InChI=1S/C19H30BF2NO3.C12H14F2O2.C12H16O3.C12H14O3.C8H15BF2N2O3.C5H8F2O2/c1-11(19(5,21)22)16(24)23-8-6-7-15(23)20-25-14-10-12-9-13(17(12,2)3)18(14,4)26-20;1-9(12(2,13)14)11(15)16-8-10-6-4-3-5-7-10;2*1-9(10(2)13)12(14)15-8-11-6-4-3-5-7-11;1-8(10,11)6(12)7(14)13-4-2-3-5(13)9(15)16;1-3(4(8)9)5(2,6)7/h11-15H,6-10H2,1-5H3;3-7,9H,8H2,1-2H3;3-7,9-10,13H,8H2,1-2H3;3-7,9H,8H2,1-2H3;5-6,15-16H,2-4,12H2,1H3;3H,1-2H3,(H,8,9)/t11-,12?,13?,14?,15?,18+;9-;9-,10?;9-;5-,6+;3-/m110001/s1. The monoisotopic (exact) mass is 1390 g/mol. The predicted molar refractivity (Wildman–Crippen MR) is 345 cm³/mol. The van der Waals surface area contributed by atoms with Crippen LogP contribution in [0.3, 0.4) is 0 Å². The minimum atomic E-state index is -3.31. The van der Waals surface area contributed by atoms with Gasteiger partial charge >= 0.3 is 38.1 Å². The molecule has 13 atom stereocenters. The number of esters is 3. The Bertz CT molecular complexity index is 3000. The van der Waals surface area contributed by atoms with Crippen LogP contribution < -0.4 is 5.73 Å². The SMILES string of the molecule is CC(=O)[C@H](C)C(=O)OCc1ccccc1.CC(F)(F)[C@H](N)C(=O)N1CCC[C@H]1B(O)O.CC(O)[C@H](C)C(=O)OCc1ccccc1.C[C@H](C(=O)N1CCCC1B1OC2CC3CC(C3(C)C)[C@]2(C)O1)C(C)(F)F.C[C@H](C(=O)O)C(C)(F)F.C[C@H](C(=O)OCc1ccccc1)C(C)(F)F. The first-order valence-corrected chi connectivity index (χ1v) is 32.3. The molecule has 2 amide bonds. The van der Waals surface area contributed by atoms with Gasteiger partial charge in [-0.1, -0.05) is 105 Å². The van der Waals surface area contributed by atoms with E-state index < -0.39 is 115 Å². The Labute approximate surface area is 564 Å². The molecule has 3 heterocycles. The number of nitrogens with zero attached hydrogens (tertiary/aromatic N) is 2. The Morgan fingerprint density at radius 1 is 0.619 bits per heavy atom. The zero-order valence-electron chi connectivity index (χ0n) is 57.7. The third-order valence-electron chi connectivity index (χ3n) is 18.7. The molecule has 97 heavy (non-hydrogen) atoms. The Morgan fingerprint density at radius 3 is 1.42 bits per heavy atom. The summed E-state index contributed by atoms with van der Waals surface area (Å²) >= 11 is 0. The maximum absolute atomic E-state index is 13.7. The van der Waals surface area contributed by atoms with Gasteiger partial charge < -0.3 is 59.3 Å². The fourth-order valence-corrected chi connectivity index (χ4v) is 11.0. The highest BCUT2D eigenvalue weighted by atomic mass is 19.3. The first-order chi connectivity index (χ1) is 44.7. The van der Waals surface area contributed by atoms with E-state index in [1.807, 2.05) is 66.7 Å². The lowest BCUT2D eigenvalue weighted by Crippen LogP contribution is -2.65. The molecular formula is C68H97B2F8N3O16. The molecule has 0 radical (unpaired) electrons. The molecular weight excluding hydrogens is 1290 g/mol. The third kappa shape index (κ3) is 25.0. The van der Waals surface area contributed by atoms with Crippen molar-refractivity contribution in [2.75, 3.05) is 13.1 Å². The van der Waals surface area contributed by atoms with Crippen molar-refractivity contribution in [3.05, 3.63) is 108 Å². The van der Waals surface area contributed by atoms with E-state index in [2.05, 4.69) is 20.8 Å². The van der Waals surface area contributed by atoms with Gasteiger partial charge in [0, 0.05) is 40.8 Å². The molecule has 3 aromatic carbocycles. The van der Waals surface area contributed by atoms with Gasteiger partial charge in [-0.15, -0.1) is 0 Å². The zero-order valence-corrected chi connectivity index (χ0v) is 57.7. The largest absolute Gasteiger partial charge is 0.481 e. The number of hydrogen-bond acceptors (Lipinski definition) is 16. The van der Waals surface area contributed by atoms with Gasteiger partial charge in [0.15, 0.2) is 0 Å². The van der Waals surface area contributed by atoms with Crippen molar-refractivity contribution in [1.82, 2.24) is 9.80 Å². The van der Waals surface area contributed by atoms with Crippen LogP contribution in [0.4, 0.5) is 35.1 Å². The molecule has 6 fully saturated rings. The number of carbonyl (C=O) groups is 7. The lowest BCUT2D eigenvalue weighted by Gasteiger charge is -2.64. The average molecular weight is 1390 g/mol. The second-order valence-electron chi connectivity index (χ2n) is 26.7. The second kappa shape index (κ2) is 36.5. The van der Waals surface area contributed by atoms with Crippen molar-refractivity contribution in [3.8, 4) is 0 Å². The van der Waals surface area contributed by atoms with E-state index in [9.17, 15) is 73.8 Å². The highest BCUT2D eigenvalue weighted by Gasteiger charge is 2.69. The summed E-state index contributed by atoms with van der Waals surface area (Å²) in [6.07, 6.45) is 4.02. The van der Waals surface area contributed by atoms with Crippen molar-refractivity contribution in [3.63, 3.8) is 0 Å². The van der Waals surface area contributed by atoms with Crippen LogP contribution in [-0.2, 0) is 76.9 Å². The van der Waals surface area contributed by atoms with E-state index >= 15 is 0 Å². The number of likely N-dealkylation sites (tertiary alicyclic amines) is 2. The average Bonchev–Trinajstić information content (AvgIpc) is 1.64. The topological polar surface area (TPSA) is 279 Å². The third-order valence-corrected chi connectivity index (χ3v) is 18.7. The Kier molecular flexibility index (Phi) is 31.9. The van der Waals surface area contributed by atoms with Gasteiger partial charge in [0.05, 0.1) is 41.5 Å². The van der Waals surface area contributed by atoms with Crippen LogP contribution in [0.1, 0.15) is 152 Å². The number of ketones is 1. The van der Waals surface area contributed by atoms with Crippen molar-refractivity contribution < 1.29 is 112 Å². The first kappa shape index (κ1) is 84.7. The second-order valence-corrected chi connectivity index (χ2v) is 26.7. The molecule has 3 saturated heterocycles. The van der Waals surface area contributed by atoms with E-state index in [1.165, 1.54) is 20.3 Å². The highest BCUT2D eigenvalue weighted by molar-refractivity contribution is 6.48. The normalized spacial score (nSPS) is 22.9. The molecule has 3 aromatic rings. The molecule has 2 bridgehead atoms. The number of benzene rings is 3. The number of ether oxygens (including phenoxy) is 3. The Balaban J connectivity index is 0.000000312. The van der Waals surface area contributed by atoms with Crippen LogP contribution in [0.25, 0.3) is 0 Å². The van der Waals surface area contributed by atoms with E-state index in [0.717, 1.165) is 61.6 Å². The number of hydrogen-bond donors (Lipinski definition) is 5. The van der Waals surface area contributed by atoms with Crippen molar-refractivity contribution in [2.24, 2.45) is 52.6 Å². The molecule has 542 valence electrons. The zero-order chi connectivity index (χ0) is 73.9. The van der Waals surface area contributed by atoms with Crippen LogP contribution in [-0.4, -0.2) is 158 Å². The number of Topliss-reactive ketones (excluding diaryl/α,β-unsaturated/α-hetero) is 1. The molecule has 0 aromatic heterocycles. The summed E-state index contributed by atoms with van der Waals surface area (Å²) in [5.74, 6) is -22.8. The number of aliphatic carboxylic acids is 1. The number of nitrogens with two attached hydrogens (primary N) is 1. The van der Waals surface area contributed by atoms with Gasteiger partial charge in [-0.05, 0) is 128 Å². The smallest absolute Gasteiger partial charge is 0.481 e. The van der Waals surface area contributed by atoms with Gasteiger partial charge in [-0.3, -0.25) is 33.6 Å². The molecule has 3 aliphatic carbocycles. The van der Waals surface area contributed by atoms with E-state index in [0.29, 0.717) is 52.0 Å². The Morgan fingerprint density at radius 2 is 1.04 bits per heavy atom. The van der Waals surface area contributed by atoms with E-state index in [4.69, 9.17) is 44.4 Å². The van der Waals surface area contributed by atoms with Crippen LogP contribution in [0.15, 0.2) is 91.0 Å². The number of aliphatic hydroxyl groups is 1. The number of rotatable bonds is 20. The summed E-state index contributed by atoms with van der Waals surface area (Å²) in [6, 6.07) is 25.8. The number of carbonyl (C=O) groups excluding carboxylic acids is 6. The van der Waals surface area contributed by atoms with Gasteiger partial charge in [0.1, 0.15) is 49.4 Å². The summed E-state index contributed by atoms with van der Waals surface area (Å²) in [5.41, 5.74) is 7.70. The van der Waals surface area contributed by atoms with E-state index in [1.54, 1.807) is 49.9 Å². The maximum Gasteiger partial charge on any atom is 0.481 e. The lowest BCUT2D eigenvalue weighted by atomic mass is 9.43. The molecule has 9 rings (SSSR count). The summed E-state index contributed by atoms with van der Waals surface area (Å²) in [5, 5.41) is 35.2. The minimum absolute atomic E-state index is 0.0279. The van der Waals surface area contributed by atoms with Gasteiger partial charge in [-0.25, -0.2) is 35.1 Å². The number of halogens is 8. The summed E-state index contributed by atoms with van der Waals surface area (Å²) < 4.78 is 130. The summed E-state index contributed by atoms with van der Waals surface area (Å²) in [6.45, 7) is 20.3. The van der Waals surface area contributed by atoms with Crippen molar-refractivity contribution in [1.29, 1.82) is 0 Å². The molecule has 29 heteroatoms. The fraction of sp³-hybridized carbons (Fsp3) is 0.632. The molecule has 0 spiro atoms. The maximum atomic E-state index is 13.7. The molecule has 3 saturated carbocycles. The molecule has 3 aliphatic heterocycles. The minimum Gasteiger partial charge on any atom is -0.481 e. The quantitative estimate of drug-likeness (QED) is 0.0231. The van der Waals surface area contributed by atoms with Crippen molar-refractivity contribution in [2.45, 2.75) is 215 Å². The van der Waals surface area contributed by atoms with Crippen LogP contribution >= 0.6 is 0 Å². The highest BCUT2D eigenvalue weighted by Crippen LogP contribution is 2.66. The fourth-order valence-electron chi connectivity index (χ4n) is 11.0. The number of alkyl halides is 8. The number of carboxylic acids is 1. The molecule has 6 N–H and O–H groups in total. The van der Waals surface area contributed by atoms with Crippen LogP contribution in [0.2, 0.25) is 0 Å². The van der Waals surface area contributed by atoms with Gasteiger partial charge in [0.2, 0.25) is 11.8 Å². The molecule has 5 unspecified atom stereocenters. The number of amides is 2. The van der Waals surface area contributed by atoms with Crippen LogP contribution in [0.5, 0.6) is 0 Å². The molecule has 19 nitrogen and oxygen atoms in total.